The zero-order chi connectivity index (χ0) is 26.4. The number of cyclic esters (lactones) is 1. The molecule has 1 amide bonds. The summed E-state index contributed by atoms with van der Waals surface area (Å²) in [5.74, 6) is 0.0764. The van der Waals surface area contributed by atoms with Gasteiger partial charge in [0.2, 0.25) is 0 Å². The molecule has 7 nitrogen and oxygen atoms in total. The van der Waals surface area contributed by atoms with Crippen molar-refractivity contribution in [3.63, 3.8) is 0 Å². The molecule has 2 aromatic carbocycles. The van der Waals surface area contributed by atoms with Crippen LogP contribution in [0.2, 0.25) is 0 Å². The fourth-order valence-electron chi connectivity index (χ4n) is 5.66. The van der Waals surface area contributed by atoms with Crippen molar-refractivity contribution in [3.05, 3.63) is 70.8 Å². The normalized spacial score (nSPS) is 18.5. The van der Waals surface area contributed by atoms with Crippen molar-refractivity contribution in [2.75, 3.05) is 19.8 Å². The lowest BCUT2D eigenvalue weighted by Gasteiger charge is -2.35. The van der Waals surface area contributed by atoms with Crippen molar-refractivity contribution in [2.45, 2.75) is 77.5 Å². The molecule has 0 radical (unpaired) electrons. The van der Waals surface area contributed by atoms with Gasteiger partial charge in [0.1, 0.15) is 6.10 Å². The van der Waals surface area contributed by atoms with E-state index in [1.165, 1.54) is 18.1 Å². The molecule has 37 heavy (non-hydrogen) atoms. The van der Waals surface area contributed by atoms with Crippen LogP contribution in [0.5, 0.6) is 0 Å². The molecule has 0 N–H and O–H groups in total. The monoisotopic (exact) mass is 509 g/mol. The number of hydrogen-bond acceptors (Lipinski definition) is 6. The molecule has 0 spiro atoms. The smallest absolute Gasteiger partial charge is 0.410 e. The zero-order valence-electron chi connectivity index (χ0n) is 22.4. The van der Waals surface area contributed by atoms with E-state index in [0.29, 0.717) is 32.1 Å². The highest BCUT2D eigenvalue weighted by Crippen LogP contribution is 2.36. The second-order valence-corrected chi connectivity index (χ2v) is 10.9. The average Bonchev–Trinajstić information content (AvgIpc) is 3.44. The summed E-state index contributed by atoms with van der Waals surface area (Å²) >= 11 is 0. The van der Waals surface area contributed by atoms with E-state index in [-0.39, 0.29) is 23.8 Å². The van der Waals surface area contributed by atoms with Crippen LogP contribution in [-0.2, 0) is 43.3 Å². The van der Waals surface area contributed by atoms with Gasteiger partial charge >= 0.3 is 12.1 Å². The second kappa shape index (κ2) is 12.1. The average molecular weight is 510 g/mol. The number of ether oxygens (including phenoxy) is 2. The fraction of sp³-hybridized carbons (Fsp3) is 0.533. The molecule has 0 bridgehead atoms. The molecule has 0 unspecified atom stereocenters. The van der Waals surface area contributed by atoms with Crippen LogP contribution >= 0.6 is 0 Å². The van der Waals surface area contributed by atoms with Gasteiger partial charge in [-0.2, -0.15) is 4.89 Å². The van der Waals surface area contributed by atoms with Crippen molar-refractivity contribution in [3.8, 4) is 0 Å². The third kappa shape index (κ3) is 7.11. The molecule has 0 saturated carbocycles. The molecular weight excluding hydrogens is 470 g/mol. The van der Waals surface area contributed by atoms with Crippen LogP contribution in [-0.4, -0.2) is 48.4 Å². The van der Waals surface area contributed by atoms with Crippen LogP contribution < -0.4 is 0 Å². The van der Waals surface area contributed by atoms with Gasteiger partial charge in [0.15, 0.2) is 0 Å². The molecule has 1 saturated heterocycles. The van der Waals surface area contributed by atoms with Gasteiger partial charge in [0, 0.05) is 12.5 Å². The number of carbonyl (C=O) groups excluding carboxylic acids is 2. The van der Waals surface area contributed by atoms with E-state index in [4.69, 9.17) is 14.4 Å². The minimum absolute atomic E-state index is 0.150. The molecule has 0 aromatic heterocycles. The summed E-state index contributed by atoms with van der Waals surface area (Å²) in [6.45, 7) is 8.83. The van der Waals surface area contributed by atoms with E-state index < -0.39 is 5.97 Å². The fourth-order valence-corrected chi connectivity index (χ4v) is 5.66. The molecular formula is C30H39NO6. The summed E-state index contributed by atoms with van der Waals surface area (Å²) < 4.78 is 11.9. The first-order chi connectivity index (χ1) is 17.7. The van der Waals surface area contributed by atoms with Crippen LogP contribution in [0.25, 0.3) is 0 Å². The predicted molar refractivity (Wildman–Crippen MR) is 140 cm³/mol. The SMILES string of the molecule is CC(=O)OOCCCc1ccccc1[C@@H](C)OC[C@H]1CN(C(C)(C)CC2Cc3ccccc3C2)C(=O)O1. The first-order valence-electron chi connectivity index (χ1n) is 13.3. The Balaban J connectivity index is 1.26. The van der Waals surface area contributed by atoms with Crippen molar-refractivity contribution < 1.29 is 28.8 Å². The maximum absolute atomic E-state index is 12.8. The summed E-state index contributed by atoms with van der Waals surface area (Å²) in [5, 5.41) is 0. The van der Waals surface area contributed by atoms with Gasteiger partial charge in [-0.25, -0.2) is 9.59 Å². The topological polar surface area (TPSA) is 74.3 Å². The lowest BCUT2D eigenvalue weighted by Crippen LogP contribution is -2.46. The first kappa shape index (κ1) is 27.1. The minimum atomic E-state index is -0.457. The van der Waals surface area contributed by atoms with E-state index in [9.17, 15) is 9.59 Å². The molecule has 2 atom stereocenters. The highest BCUT2D eigenvalue weighted by atomic mass is 17.2. The Morgan fingerprint density at radius 3 is 2.49 bits per heavy atom. The van der Waals surface area contributed by atoms with Gasteiger partial charge in [-0.15, -0.1) is 0 Å². The van der Waals surface area contributed by atoms with Crippen LogP contribution in [0.3, 0.4) is 0 Å². The maximum atomic E-state index is 12.8. The highest BCUT2D eigenvalue weighted by Gasteiger charge is 2.42. The third-order valence-electron chi connectivity index (χ3n) is 7.40. The van der Waals surface area contributed by atoms with E-state index in [1.54, 1.807) is 0 Å². The summed E-state index contributed by atoms with van der Waals surface area (Å²) in [6, 6.07) is 16.8. The quantitative estimate of drug-likeness (QED) is 0.211. The number of benzene rings is 2. The number of carbonyl (C=O) groups is 2. The Bertz CT molecular complexity index is 1060. The van der Waals surface area contributed by atoms with Crippen molar-refractivity contribution >= 4 is 12.1 Å². The van der Waals surface area contributed by atoms with Gasteiger partial charge in [-0.3, -0.25) is 9.79 Å². The Labute approximate surface area is 220 Å². The number of rotatable bonds is 12. The number of nitrogens with zero attached hydrogens (tertiary/aromatic N) is 1. The van der Waals surface area contributed by atoms with E-state index in [1.807, 2.05) is 24.0 Å². The van der Waals surface area contributed by atoms with Gasteiger partial charge in [0.25, 0.3) is 0 Å². The zero-order valence-corrected chi connectivity index (χ0v) is 22.4. The maximum Gasteiger partial charge on any atom is 0.410 e. The Hall–Kier alpha value is -2.90. The van der Waals surface area contributed by atoms with Gasteiger partial charge in [-0.05, 0) is 81.0 Å². The largest absolute Gasteiger partial charge is 0.442 e. The number of amides is 1. The third-order valence-corrected chi connectivity index (χ3v) is 7.40. The molecule has 200 valence electrons. The summed E-state index contributed by atoms with van der Waals surface area (Å²) in [4.78, 5) is 35.0. The van der Waals surface area contributed by atoms with Crippen LogP contribution in [0, 0.1) is 5.92 Å². The number of hydrogen-bond donors (Lipinski definition) is 0. The predicted octanol–water partition coefficient (Wildman–Crippen LogP) is 5.60. The Kier molecular flexibility index (Phi) is 8.87. The van der Waals surface area contributed by atoms with E-state index in [0.717, 1.165) is 36.8 Å². The lowest BCUT2D eigenvalue weighted by atomic mass is 9.87. The Morgan fingerprint density at radius 1 is 1.11 bits per heavy atom. The van der Waals surface area contributed by atoms with Crippen molar-refractivity contribution in [1.29, 1.82) is 0 Å². The second-order valence-electron chi connectivity index (χ2n) is 10.9. The molecule has 1 aliphatic carbocycles. The van der Waals surface area contributed by atoms with Gasteiger partial charge in [-0.1, -0.05) is 48.5 Å². The lowest BCUT2D eigenvalue weighted by molar-refractivity contribution is -0.270. The van der Waals surface area contributed by atoms with Crippen molar-refractivity contribution in [1.82, 2.24) is 4.90 Å². The first-order valence-corrected chi connectivity index (χ1v) is 13.3. The standard InChI is InChI=1S/C30H39NO6/c1-21(28-14-8-7-10-24(28)13-9-15-35-37-22(2)32)34-20-27-19-31(29(33)36-27)30(3,4)18-23-16-25-11-5-6-12-26(25)17-23/h5-8,10-12,14,21,23,27H,9,13,15-20H2,1-4H3/t21-,27-/m1/s1. The Morgan fingerprint density at radius 2 is 1.78 bits per heavy atom. The molecule has 7 heteroatoms. The molecule has 2 aliphatic rings. The van der Waals surface area contributed by atoms with Gasteiger partial charge < -0.3 is 9.47 Å². The summed E-state index contributed by atoms with van der Waals surface area (Å²) in [7, 11) is 0. The summed E-state index contributed by atoms with van der Waals surface area (Å²) in [5.41, 5.74) is 4.84. The summed E-state index contributed by atoms with van der Waals surface area (Å²) in [6.07, 6.45) is 3.88. The minimum Gasteiger partial charge on any atom is -0.442 e. The highest BCUT2D eigenvalue weighted by molar-refractivity contribution is 5.71. The van der Waals surface area contributed by atoms with E-state index >= 15 is 0 Å². The molecule has 1 heterocycles. The van der Waals surface area contributed by atoms with Crippen LogP contribution in [0.4, 0.5) is 4.79 Å². The van der Waals surface area contributed by atoms with E-state index in [2.05, 4.69) is 55.1 Å². The molecule has 1 aliphatic heterocycles. The molecule has 2 aromatic rings. The molecule has 4 rings (SSSR count). The number of aryl methyl sites for hydroxylation is 1. The molecule has 1 fully saturated rings. The van der Waals surface area contributed by atoms with Crippen molar-refractivity contribution in [2.24, 2.45) is 5.92 Å². The van der Waals surface area contributed by atoms with Gasteiger partial charge in [0.05, 0.1) is 25.9 Å². The van der Waals surface area contributed by atoms with Crippen LogP contribution in [0.1, 0.15) is 68.9 Å². The van der Waals surface area contributed by atoms with Crippen LogP contribution in [0.15, 0.2) is 48.5 Å². The number of fused-ring (bicyclic) bond motifs is 1.